The van der Waals surface area contributed by atoms with Crippen molar-refractivity contribution >= 4 is 35.6 Å². The molecule has 3 aromatic rings. The van der Waals surface area contributed by atoms with Crippen LogP contribution in [0.1, 0.15) is 31.8 Å². The third-order valence-electron chi connectivity index (χ3n) is 4.60. The number of rotatable bonds is 8. The van der Waals surface area contributed by atoms with Crippen LogP contribution in [0.2, 0.25) is 5.02 Å². The average molecular weight is 480 g/mol. The minimum Gasteiger partial charge on any atom is -0.493 e. The number of hydrogen-bond donors (Lipinski definition) is 2. The molecule has 2 amide bonds. The van der Waals surface area contributed by atoms with Gasteiger partial charge in [-0.1, -0.05) is 29.3 Å². The zero-order valence-electron chi connectivity index (χ0n) is 18.5. The number of amides is 2. The predicted octanol–water partition coefficient (Wildman–Crippen LogP) is 3.76. The number of ether oxygens (including phenoxy) is 2. The summed E-state index contributed by atoms with van der Waals surface area (Å²) in [5.74, 6) is -0.869. The van der Waals surface area contributed by atoms with Crippen LogP contribution >= 0.6 is 11.6 Å². The Bertz CT molecular complexity index is 1210. The molecule has 0 atom stereocenters. The molecule has 0 saturated heterocycles. The number of halogens is 1. The number of carbonyl (C=O) groups excluding carboxylic acids is 3. The Hall–Kier alpha value is -4.17. The Labute approximate surface area is 201 Å². The fraction of sp³-hybridized carbons (Fsp3) is 0.120. The Morgan fingerprint density at radius 2 is 1.62 bits per heavy atom. The number of benzene rings is 3. The van der Waals surface area contributed by atoms with Gasteiger partial charge in [-0.3, -0.25) is 9.59 Å². The highest BCUT2D eigenvalue weighted by Crippen LogP contribution is 2.28. The molecule has 3 rings (SSSR count). The molecule has 0 radical (unpaired) electrons. The van der Waals surface area contributed by atoms with Gasteiger partial charge in [0.1, 0.15) is 0 Å². The molecule has 0 aliphatic carbocycles. The van der Waals surface area contributed by atoms with Gasteiger partial charge in [0, 0.05) is 10.6 Å². The molecule has 8 nitrogen and oxygen atoms in total. The minimum absolute atomic E-state index is 0.224. The van der Waals surface area contributed by atoms with E-state index < -0.39 is 11.9 Å². The van der Waals surface area contributed by atoms with Crippen LogP contribution in [0.5, 0.6) is 11.5 Å². The molecule has 9 heteroatoms. The van der Waals surface area contributed by atoms with Gasteiger partial charge in [0.25, 0.3) is 11.8 Å². The number of methoxy groups -OCH3 is 1. The molecule has 0 spiro atoms. The van der Waals surface area contributed by atoms with Crippen LogP contribution in [0.25, 0.3) is 0 Å². The highest BCUT2D eigenvalue weighted by molar-refractivity contribution is 6.30. The first-order valence-corrected chi connectivity index (χ1v) is 10.6. The second-order valence-corrected chi connectivity index (χ2v) is 7.59. The molecule has 0 aliphatic heterocycles. The molecule has 0 aliphatic rings. The summed E-state index contributed by atoms with van der Waals surface area (Å²) in [4.78, 5) is 36.3. The maximum absolute atomic E-state index is 12.3. The van der Waals surface area contributed by atoms with Gasteiger partial charge in [-0.15, -0.1) is 0 Å². The molecule has 0 heterocycles. The minimum atomic E-state index is -0.559. The molecular weight excluding hydrogens is 458 g/mol. The number of hydrazone groups is 1. The van der Waals surface area contributed by atoms with E-state index in [1.807, 2.05) is 19.1 Å². The van der Waals surface area contributed by atoms with Crippen molar-refractivity contribution in [2.75, 3.05) is 13.7 Å². The van der Waals surface area contributed by atoms with Crippen molar-refractivity contribution in [1.29, 1.82) is 0 Å². The first-order chi connectivity index (χ1) is 16.4. The van der Waals surface area contributed by atoms with Crippen molar-refractivity contribution in [3.8, 4) is 11.5 Å². The van der Waals surface area contributed by atoms with E-state index >= 15 is 0 Å². The molecule has 174 valence electrons. The van der Waals surface area contributed by atoms with Crippen molar-refractivity contribution < 1.29 is 23.9 Å². The Morgan fingerprint density at radius 1 is 0.941 bits per heavy atom. The third-order valence-corrected chi connectivity index (χ3v) is 4.85. The van der Waals surface area contributed by atoms with Crippen LogP contribution in [0.3, 0.4) is 0 Å². The maximum atomic E-state index is 12.3. The standard InChI is InChI=1S/C25H22ClN3O5/c1-16-3-6-18(7-4-16)24(31)27-15-23(30)29-28-14-17-5-12-21(22(13-17)33-2)34-25(32)19-8-10-20(26)11-9-19/h3-14H,15H2,1-2H3,(H,27,31)(H,29,30)/b28-14+. The lowest BCUT2D eigenvalue weighted by atomic mass is 10.1. The number of esters is 1. The van der Waals surface area contributed by atoms with E-state index in [1.54, 1.807) is 54.6 Å². The lowest BCUT2D eigenvalue weighted by molar-refractivity contribution is -0.120. The number of hydrogen-bond acceptors (Lipinski definition) is 6. The molecule has 0 unspecified atom stereocenters. The number of nitrogens with one attached hydrogen (secondary N) is 2. The largest absolute Gasteiger partial charge is 0.493 e. The topological polar surface area (TPSA) is 106 Å². The van der Waals surface area contributed by atoms with Crippen molar-refractivity contribution in [1.82, 2.24) is 10.7 Å². The summed E-state index contributed by atoms with van der Waals surface area (Å²) in [6, 6.07) is 18.1. The molecule has 0 bridgehead atoms. The summed E-state index contributed by atoms with van der Waals surface area (Å²) in [6.45, 7) is 1.69. The molecule has 0 saturated carbocycles. The van der Waals surface area contributed by atoms with Gasteiger partial charge in [0.05, 0.1) is 25.4 Å². The summed E-state index contributed by atoms with van der Waals surface area (Å²) in [5.41, 5.74) is 4.77. The van der Waals surface area contributed by atoms with E-state index in [-0.39, 0.29) is 18.2 Å². The Balaban J connectivity index is 1.53. The second-order valence-electron chi connectivity index (χ2n) is 7.15. The van der Waals surface area contributed by atoms with Crippen LogP contribution in [0.15, 0.2) is 71.8 Å². The van der Waals surface area contributed by atoms with E-state index in [4.69, 9.17) is 21.1 Å². The van der Waals surface area contributed by atoms with E-state index in [1.165, 1.54) is 13.3 Å². The normalized spacial score (nSPS) is 10.6. The first kappa shape index (κ1) is 24.5. The van der Waals surface area contributed by atoms with Crippen LogP contribution in [0.4, 0.5) is 0 Å². The lowest BCUT2D eigenvalue weighted by Crippen LogP contribution is -2.34. The van der Waals surface area contributed by atoms with Gasteiger partial charge >= 0.3 is 5.97 Å². The van der Waals surface area contributed by atoms with Crippen molar-refractivity contribution in [2.24, 2.45) is 5.10 Å². The fourth-order valence-electron chi connectivity index (χ4n) is 2.78. The smallest absolute Gasteiger partial charge is 0.343 e. The van der Waals surface area contributed by atoms with Crippen LogP contribution in [0, 0.1) is 6.92 Å². The van der Waals surface area contributed by atoms with Crippen LogP contribution in [-0.2, 0) is 4.79 Å². The Kier molecular flexibility index (Phi) is 8.37. The molecular formula is C25H22ClN3O5. The highest BCUT2D eigenvalue weighted by Gasteiger charge is 2.13. The molecule has 2 N–H and O–H groups in total. The lowest BCUT2D eigenvalue weighted by Gasteiger charge is -2.10. The fourth-order valence-corrected chi connectivity index (χ4v) is 2.91. The summed E-state index contributed by atoms with van der Waals surface area (Å²) in [5, 5.41) is 6.91. The van der Waals surface area contributed by atoms with Gasteiger partial charge < -0.3 is 14.8 Å². The zero-order valence-corrected chi connectivity index (χ0v) is 19.3. The average Bonchev–Trinajstić information content (AvgIpc) is 2.84. The van der Waals surface area contributed by atoms with Gasteiger partial charge in [-0.2, -0.15) is 5.10 Å². The van der Waals surface area contributed by atoms with Gasteiger partial charge in [0.15, 0.2) is 11.5 Å². The van der Waals surface area contributed by atoms with Crippen molar-refractivity contribution in [3.63, 3.8) is 0 Å². The number of aryl methyl sites for hydroxylation is 1. The van der Waals surface area contributed by atoms with E-state index in [2.05, 4.69) is 15.8 Å². The summed E-state index contributed by atoms with van der Waals surface area (Å²) in [6.07, 6.45) is 1.40. The monoisotopic (exact) mass is 479 g/mol. The summed E-state index contributed by atoms with van der Waals surface area (Å²) >= 11 is 5.84. The Morgan fingerprint density at radius 3 is 2.29 bits per heavy atom. The maximum Gasteiger partial charge on any atom is 0.343 e. The zero-order chi connectivity index (χ0) is 24.5. The van der Waals surface area contributed by atoms with Gasteiger partial charge in [0.2, 0.25) is 0 Å². The van der Waals surface area contributed by atoms with Crippen LogP contribution in [-0.4, -0.2) is 37.7 Å². The summed E-state index contributed by atoms with van der Waals surface area (Å²) < 4.78 is 10.7. The van der Waals surface area contributed by atoms with Gasteiger partial charge in [-0.25, -0.2) is 10.2 Å². The van der Waals surface area contributed by atoms with Gasteiger partial charge in [-0.05, 0) is 67.1 Å². The third kappa shape index (κ3) is 6.91. The molecule has 0 aromatic heterocycles. The SMILES string of the molecule is COc1cc(/C=N/NC(=O)CNC(=O)c2ccc(C)cc2)ccc1OC(=O)c1ccc(Cl)cc1. The number of nitrogens with zero attached hydrogens (tertiary/aromatic N) is 1. The first-order valence-electron chi connectivity index (χ1n) is 10.2. The number of carbonyl (C=O) groups is 3. The van der Waals surface area contributed by atoms with E-state index in [0.717, 1.165) is 5.56 Å². The summed E-state index contributed by atoms with van der Waals surface area (Å²) in [7, 11) is 1.44. The molecule has 34 heavy (non-hydrogen) atoms. The van der Waals surface area contributed by atoms with Crippen LogP contribution < -0.4 is 20.2 Å². The second kappa shape index (κ2) is 11.6. The van der Waals surface area contributed by atoms with Crippen molar-refractivity contribution in [3.05, 3.63) is 94.0 Å². The van der Waals surface area contributed by atoms with E-state index in [9.17, 15) is 14.4 Å². The molecule has 0 fully saturated rings. The molecule has 3 aromatic carbocycles. The van der Waals surface area contributed by atoms with Crippen molar-refractivity contribution in [2.45, 2.75) is 6.92 Å². The quantitative estimate of drug-likeness (QED) is 0.221. The van der Waals surface area contributed by atoms with E-state index in [0.29, 0.717) is 27.5 Å². The highest BCUT2D eigenvalue weighted by atomic mass is 35.5. The predicted molar refractivity (Wildman–Crippen MR) is 129 cm³/mol.